The fraction of sp³-hybridized carbons (Fsp3) is 0.500. The lowest BCUT2D eigenvalue weighted by molar-refractivity contribution is -0.181. The normalized spacial score (nSPS) is 31.5. The quantitative estimate of drug-likeness (QED) is 0.426. The van der Waals surface area contributed by atoms with E-state index in [-0.39, 0.29) is 33.8 Å². The van der Waals surface area contributed by atoms with Crippen molar-refractivity contribution >= 4 is 34.5 Å². The summed E-state index contributed by atoms with van der Waals surface area (Å²) in [5.41, 5.74) is -3.49. The number of nitrogens with zero attached hydrogens (tertiary/aromatic N) is 4. The molecule has 1 aliphatic heterocycles. The van der Waals surface area contributed by atoms with Crippen LogP contribution < -0.4 is 10.2 Å². The smallest absolute Gasteiger partial charge is 0.393 e. The van der Waals surface area contributed by atoms with Crippen molar-refractivity contribution in [1.82, 2.24) is 19.9 Å². The lowest BCUT2D eigenvalue weighted by atomic mass is 9.87. The van der Waals surface area contributed by atoms with E-state index in [1.165, 1.54) is 48.4 Å². The fourth-order valence-corrected chi connectivity index (χ4v) is 6.34. The summed E-state index contributed by atoms with van der Waals surface area (Å²) in [6.45, 7) is 1.81. The van der Waals surface area contributed by atoms with Crippen LogP contribution >= 0.6 is 11.6 Å². The minimum Gasteiger partial charge on any atom is -0.393 e. The molecule has 1 amide bonds. The molecular weight excluding hydrogens is 545 g/mol. The van der Waals surface area contributed by atoms with E-state index >= 15 is 8.78 Å². The maximum Gasteiger partial charge on any atom is 0.401 e. The average molecular weight is 570 g/mol. The summed E-state index contributed by atoms with van der Waals surface area (Å²) in [7, 11) is 0. The van der Waals surface area contributed by atoms with Crippen molar-refractivity contribution in [2.75, 3.05) is 11.4 Å². The van der Waals surface area contributed by atoms with Crippen LogP contribution in [0.25, 0.3) is 5.65 Å². The molecule has 2 unspecified atom stereocenters. The third kappa shape index (κ3) is 3.67. The number of benzene rings is 1. The van der Waals surface area contributed by atoms with Crippen molar-refractivity contribution in [2.45, 2.75) is 68.7 Å². The van der Waals surface area contributed by atoms with Gasteiger partial charge < -0.3 is 15.3 Å². The number of alkyl halides is 5. The first-order chi connectivity index (χ1) is 18.2. The monoisotopic (exact) mass is 569 g/mol. The summed E-state index contributed by atoms with van der Waals surface area (Å²) in [6, 6.07) is 6.81. The first-order valence-electron chi connectivity index (χ1n) is 12.5. The highest BCUT2D eigenvalue weighted by Gasteiger charge is 2.82. The standard InChI is InChI=1S/C26H25ClF5N5O2/c1-23(26(30,31)32)12-36(17-11-33-19-10-18(27)35-37(19)21(17)23)15-6-3-13(4-7-15)20-24(2,25(20,28)29)22(39)34-14-5-8-16(38)9-14/h3-4,6-7,10-11,14,16,20,38H,5,8-9,12H2,1-2H3,(H,34,39)/t14?,16?,20-,23-,24+/m1/s1. The second kappa shape index (κ2) is 8.26. The number of anilines is 2. The van der Waals surface area contributed by atoms with Crippen LogP contribution in [0.2, 0.25) is 5.15 Å². The van der Waals surface area contributed by atoms with Crippen molar-refractivity contribution in [2.24, 2.45) is 5.41 Å². The Morgan fingerprint density at radius 2 is 1.87 bits per heavy atom. The van der Waals surface area contributed by atoms with Crippen LogP contribution in [0, 0.1) is 5.41 Å². The number of hydrogen-bond acceptors (Lipinski definition) is 5. The molecule has 1 aromatic carbocycles. The van der Waals surface area contributed by atoms with Gasteiger partial charge in [-0.3, -0.25) is 4.79 Å². The molecule has 5 atom stereocenters. The first-order valence-corrected chi connectivity index (χ1v) is 12.9. The Bertz CT molecular complexity index is 1480. The molecule has 0 radical (unpaired) electrons. The van der Waals surface area contributed by atoms with Crippen LogP contribution in [0.4, 0.5) is 33.3 Å². The van der Waals surface area contributed by atoms with E-state index in [1.54, 1.807) is 0 Å². The zero-order chi connectivity index (χ0) is 28.1. The van der Waals surface area contributed by atoms with Gasteiger partial charge in [-0.2, -0.15) is 18.3 Å². The minimum atomic E-state index is -4.64. The van der Waals surface area contributed by atoms with Crippen molar-refractivity contribution in [3.8, 4) is 0 Å². The molecule has 3 heterocycles. The average Bonchev–Trinajstić information content (AvgIpc) is 3.32. The maximum absolute atomic E-state index is 15.0. The van der Waals surface area contributed by atoms with E-state index in [9.17, 15) is 23.1 Å². The molecular formula is C26H25ClF5N5O2. The summed E-state index contributed by atoms with van der Waals surface area (Å²) in [6.07, 6.45) is -2.52. The molecule has 2 N–H and O–H groups in total. The molecule has 2 aliphatic carbocycles. The molecule has 0 saturated heterocycles. The third-order valence-electron chi connectivity index (χ3n) is 8.65. The number of fused-ring (bicyclic) bond motifs is 3. The number of aliphatic hydroxyl groups excluding tert-OH is 1. The van der Waals surface area contributed by atoms with Gasteiger partial charge in [-0.1, -0.05) is 23.7 Å². The summed E-state index contributed by atoms with van der Waals surface area (Å²) >= 11 is 5.95. The van der Waals surface area contributed by atoms with Gasteiger partial charge in [0.1, 0.15) is 10.8 Å². The van der Waals surface area contributed by atoms with E-state index in [0.717, 1.165) is 11.4 Å². The summed E-state index contributed by atoms with van der Waals surface area (Å²) in [4.78, 5) is 18.5. The van der Waals surface area contributed by atoms with E-state index in [0.29, 0.717) is 24.9 Å². The fourth-order valence-electron chi connectivity index (χ4n) is 6.17. The van der Waals surface area contributed by atoms with Gasteiger partial charge in [0.05, 0.1) is 29.6 Å². The molecule has 6 rings (SSSR count). The first kappa shape index (κ1) is 26.2. The van der Waals surface area contributed by atoms with E-state index in [1.807, 2.05) is 0 Å². The van der Waals surface area contributed by atoms with Crippen molar-refractivity contribution in [3.63, 3.8) is 0 Å². The number of rotatable bonds is 4. The highest BCUT2D eigenvalue weighted by atomic mass is 35.5. The van der Waals surface area contributed by atoms with Crippen molar-refractivity contribution in [3.05, 3.63) is 52.9 Å². The predicted molar refractivity (Wildman–Crippen MR) is 132 cm³/mol. The molecule has 39 heavy (non-hydrogen) atoms. The minimum absolute atomic E-state index is 0.00443. The number of nitrogens with one attached hydrogen (secondary N) is 1. The zero-order valence-corrected chi connectivity index (χ0v) is 21.7. The molecule has 0 bridgehead atoms. The Balaban J connectivity index is 1.31. The number of carbonyl (C=O) groups excluding carboxylic acids is 1. The van der Waals surface area contributed by atoms with Crippen LogP contribution in [-0.2, 0) is 10.2 Å². The van der Waals surface area contributed by atoms with Gasteiger partial charge in [0, 0.05) is 24.3 Å². The predicted octanol–water partition coefficient (Wildman–Crippen LogP) is 5.12. The van der Waals surface area contributed by atoms with Crippen LogP contribution in [0.1, 0.15) is 50.3 Å². The molecule has 2 fully saturated rings. The second-order valence-electron chi connectivity index (χ2n) is 11.1. The maximum atomic E-state index is 15.0. The van der Waals surface area contributed by atoms with Crippen LogP contribution in [0.5, 0.6) is 0 Å². The Labute approximate surface area is 225 Å². The van der Waals surface area contributed by atoms with E-state index in [4.69, 9.17) is 11.6 Å². The zero-order valence-electron chi connectivity index (χ0n) is 20.9. The molecule has 7 nitrogen and oxygen atoms in total. The van der Waals surface area contributed by atoms with E-state index in [2.05, 4.69) is 15.4 Å². The Morgan fingerprint density at radius 1 is 1.18 bits per heavy atom. The van der Waals surface area contributed by atoms with Crippen LogP contribution in [0.15, 0.2) is 36.5 Å². The lowest BCUT2D eigenvalue weighted by Gasteiger charge is -2.28. The number of aromatic nitrogens is 3. The van der Waals surface area contributed by atoms with Crippen LogP contribution in [-0.4, -0.2) is 56.4 Å². The number of carbonyl (C=O) groups is 1. The van der Waals surface area contributed by atoms with Crippen molar-refractivity contribution < 1.29 is 31.9 Å². The lowest BCUT2D eigenvalue weighted by Crippen LogP contribution is -2.43. The van der Waals surface area contributed by atoms with Gasteiger partial charge in [-0.25, -0.2) is 18.3 Å². The molecule has 3 aliphatic rings. The Morgan fingerprint density at radius 3 is 2.49 bits per heavy atom. The molecule has 0 spiro atoms. The Kier molecular flexibility index (Phi) is 5.56. The molecule has 2 saturated carbocycles. The number of aliphatic hydroxyl groups is 1. The van der Waals surface area contributed by atoms with Gasteiger partial charge in [0.15, 0.2) is 10.8 Å². The van der Waals surface area contributed by atoms with Gasteiger partial charge >= 0.3 is 6.18 Å². The number of amides is 1. The van der Waals surface area contributed by atoms with Gasteiger partial charge in [-0.15, -0.1) is 0 Å². The highest BCUT2D eigenvalue weighted by Crippen LogP contribution is 2.71. The topological polar surface area (TPSA) is 82.8 Å². The summed E-state index contributed by atoms with van der Waals surface area (Å²) in [5.74, 6) is -5.47. The number of halogens is 6. The summed E-state index contributed by atoms with van der Waals surface area (Å²) < 4.78 is 74.3. The van der Waals surface area contributed by atoms with Gasteiger partial charge in [0.25, 0.3) is 5.92 Å². The highest BCUT2D eigenvalue weighted by molar-refractivity contribution is 6.29. The Hall–Kier alpha value is -2.99. The second-order valence-corrected chi connectivity index (χ2v) is 11.5. The van der Waals surface area contributed by atoms with Crippen molar-refractivity contribution in [1.29, 1.82) is 0 Å². The van der Waals surface area contributed by atoms with Gasteiger partial charge in [0.2, 0.25) is 5.91 Å². The molecule has 208 valence electrons. The third-order valence-corrected chi connectivity index (χ3v) is 8.83. The largest absolute Gasteiger partial charge is 0.401 e. The molecule has 13 heteroatoms. The van der Waals surface area contributed by atoms with E-state index < -0.39 is 47.4 Å². The molecule has 2 aromatic heterocycles. The SMILES string of the molecule is C[C@@]1(C(F)(F)F)CN(c2ccc([C@H]3C(F)(F)[C@]3(C)C(=O)NC3CCC(O)C3)cc2)c2cnc3cc(Cl)nn3c21. The molecule has 3 aromatic rings. The number of hydrogen-bond donors (Lipinski definition) is 2. The van der Waals surface area contributed by atoms with Gasteiger partial charge in [-0.05, 0) is 50.8 Å². The van der Waals surface area contributed by atoms with Crippen LogP contribution in [0.3, 0.4) is 0 Å². The summed E-state index contributed by atoms with van der Waals surface area (Å²) in [5, 5.41) is 16.4.